The van der Waals surface area contributed by atoms with Crippen molar-refractivity contribution >= 4 is 17.7 Å². The fourth-order valence-corrected chi connectivity index (χ4v) is 3.15. The summed E-state index contributed by atoms with van der Waals surface area (Å²) >= 11 is 0. The van der Waals surface area contributed by atoms with E-state index in [-0.39, 0.29) is 12.0 Å². The number of nitrogens with one attached hydrogen (secondary N) is 2. The molecule has 8 heteroatoms. The van der Waals surface area contributed by atoms with Crippen LogP contribution in [0.15, 0.2) is 18.3 Å². The summed E-state index contributed by atoms with van der Waals surface area (Å²) in [7, 11) is 2.11. The molecule has 1 aliphatic rings. The zero-order chi connectivity index (χ0) is 22.1. The third kappa shape index (κ3) is 8.57. The lowest BCUT2D eigenvalue weighted by atomic mass is 10.1. The van der Waals surface area contributed by atoms with Gasteiger partial charge in [-0.2, -0.15) is 0 Å². The molecule has 2 amide bonds. The number of alkyl carbamates (subject to hydrolysis) is 1. The summed E-state index contributed by atoms with van der Waals surface area (Å²) in [5, 5.41) is 5.50. The molecule has 8 nitrogen and oxygen atoms in total. The van der Waals surface area contributed by atoms with Gasteiger partial charge in [0.15, 0.2) is 0 Å². The number of amides is 2. The van der Waals surface area contributed by atoms with Gasteiger partial charge < -0.3 is 25.0 Å². The lowest BCUT2D eigenvalue weighted by Gasteiger charge is -2.28. The van der Waals surface area contributed by atoms with Crippen LogP contribution < -0.4 is 15.4 Å². The Labute approximate surface area is 179 Å². The summed E-state index contributed by atoms with van der Waals surface area (Å²) in [5.74, 6) is 0.261. The van der Waals surface area contributed by atoms with E-state index in [0.29, 0.717) is 18.0 Å². The number of unbranched alkanes of at least 4 members (excludes halogenated alkanes) is 1. The molecule has 1 atom stereocenters. The van der Waals surface area contributed by atoms with Crippen molar-refractivity contribution in [3.63, 3.8) is 0 Å². The minimum absolute atomic E-state index is 0.172. The van der Waals surface area contributed by atoms with Gasteiger partial charge in [-0.25, -0.2) is 9.78 Å². The topological polar surface area (TPSA) is 92.8 Å². The smallest absolute Gasteiger partial charge is 0.408 e. The average molecular weight is 421 g/mol. The molecule has 2 N–H and O–H groups in total. The van der Waals surface area contributed by atoms with Crippen molar-refractivity contribution in [1.82, 2.24) is 15.2 Å². The lowest BCUT2D eigenvalue weighted by Crippen LogP contribution is -2.45. The van der Waals surface area contributed by atoms with Gasteiger partial charge >= 0.3 is 6.09 Å². The van der Waals surface area contributed by atoms with Crippen molar-refractivity contribution < 1.29 is 19.1 Å². The van der Waals surface area contributed by atoms with Crippen molar-refractivity contribution in [1.29, 1.82) is 0 Å². The summed E-state index contributed by atoms with van der Waals surface area (Å²) in [5.41, 5.74) is -0.0631. The van der Waals surface area contributed by atoms with E-state index >= 15 is 0 Å². The minimum atomic E-state index is -0.671. The van der Waals surface area contributed by atoms with Crippen molar-refractivity contribution in [3.05, 3.63) is 18.3 Å². The molecule has 0 aromatic carbocycles. The van der Waals surface area contributed by atoms with Gasteiger partial charge in [-0.1, -0.05) is 19.8 Å². The van der Waals surface area contributed by atoms with Crippen LogP contribution in [0.5, 0.6) is 5.88 Å². The SMILES string of the molecule is CCCC[C@H](NC(=O)OC(C)(C)C)C(=O)Nc1ccc(OC2CCN(C)CC2)nc1. The quantitative estimate of drug-likeness (QED) is 0.668. The summed E-state index contributed by atoms with van der Waals surface area (Å²) in [6.07, 6.45) is 5.38. The molecule has 168 valence electrons. The van der Waals surface area contributed by atoms with E-state index < -0.39 is 17.7 Å². The first-order valence-corrected chi connectivity index (χ1v) is 10.8. The van der Waals surface area contributed by atoms with Gasteiger partial charge in [-0.05, 0) is 53.1 Å². The number of hydrogen-bond donors (Lipinski definition) is 2. The zero-order valence-electron chi connectivity index (χ0n) is 18.9. The number of carbonyl (C=O) groups excluding carboxylic acids is 2. The Morgan fingerprint density at radius 3 is 2.53 bits per heavy atom. The lowest BCUT2D eigenvalue weighted by molar-refractivity contribution is -0.118. The Morgan fingerprint density at radius 2 is 1.97 bits per heavy atom. The Bertz CT molecular complexity index is 679. The number of rotatable bonds is 8. The van der Waals surface area contributed by atoms with Gasteiger partial charge in [0.05, 0.1) is 11.9 Å². The molecular formula is C22H36N4O4. The standard InChI is InChI=1S/C22H36N4O4/c1-6-7-8-18(25-21(28)30-22(2,3)4)20(27)24-16-9-10-19(23-15-16)29-17-11-13-26(5)14-12-17/h9-10,15,17-18H,6-8,11-14H2,1-5H3,(H,24,27)(H,25,28)/t18-/m0/s1. The fourth-order valence-electron chi connectivity index (χ4n) is 3.15. The predicted molar refractivity (Wildman–Crippen MR) is 117 cm³/mol. The van der Waals surface area contributed by atoms with E-state index in [2.05, 4.69) is 27.6 Å². The van der Waals surface area contributed by atoms with E-state index in [0.717, 1.165) is 38.8 Å². The number of likely N-dealkylation sites (tertiary alicyclic amines) is 1. The van der Waals surface area contributed by atoms with Gasteiger partial charge in [0.25, 0.3) is 0 Å². The Kier molecular flexibility index (Phi) is 8.89. The maximum atomic E-state index is 12.7. The monoisotopic (exact) mass is 420 g/mol. The van der Waals surface area contributed by atoms with E-state index in [9.17, 15) is 9.59 Å². The van der Waals surface area contributed by atoms with Gasteiger partial charge in [-0.3, -0.25) is 4.79 Å². The summed E-state index contributed by atoms with van der Waals surface area (Å²) < 4.78 is 11.2. The molecule has 2 rings (SSSR count). The molecule has 0 aliphatic carbocycles. The molecule has 0 bridgehead atoms. The average Bonchev–Trinajstić information content (AvgIpc) is 2.67. The molecule has 2 heterocycles. The Morgan fingerprint density at radius 1 is 1.27 bits per heavy atom. The van der Waals surface area contributed by atoms with Crippen LogP contribution in [0.3, 0.4) is 0 Å². The highest BCUT2D eigenvalue weighted by atomic mass is 16.6. The Balaban J connectivity index is 1.91. The van der Waals surface area contributed by atoms with Crippen LogP contribution in [-0.4, -0.2) is 59.8 Å². The molecule has 0 spiro atoms. The molecular weight excluding hydrogens is 384 g/mol. The molecule has 1 aliphatic heterocycles. The number of nitrogens with zero attached hydrogens (tertiary/aromatic N) is 2. The molecule has 1 fully saturated rings. The van der Waals surface area contributed by atoms with Crippen LogP contribution in [0.4, 0.5) is 10.5 Å². The third-order valence-corrected chi connectivity index (χ3v) is 4.81. The Hall–Kier alpha value is -2.35. The van der Waals surface area contributed by atoms with Crippen LogP contribution in [0.1, 0.15) is 59.8 Å². The van der Waals surface area contributed by atoms with E-state index in [4.69, 9.17) is 9.47 Å². The number of pyridine rings is 1. The summed E-state index contributed by atoms with van der Waals surface area (Å²) in [6, 6.07) is 2.85. The molecule has 0 unspecified atom stereocenters. The molecule has 30 heavy (non-hydrogen) atoms. The van der Waals surface area contributed by atoms with Crippen LogP contribution in [0.25, 0.3) is 0 Å². The van der Waals surface area contributed by atoms with Crippen LogP contribution in [0.2, 0.25) is 0 Å². The highest BCUT2D eigenvalue weighted by molar-refractivity contribution is 5.96. The second kappa shape index (κ2) is 11.2. The van der Waals surface area contributed by atoms with Crippen LogP contribution in [-0.2, 0) is 9.53 Å². The number of piperidine rings is 1. The summed E-state index contributed by atoms with van der Waals surface area (Å²) in [4.78, 5) is 31.4. The van der Waals surface area contributed by atoms with Gasteiger partial charge in [-0.15, -0.1) is 0 Å². The maximum absolute atomic E-state index is 12.7. The molecule has 1 aromatic rings. The normalized spacial score (nSPS) is 16.6. The number of carbonyl (C=O) groups is 2. The van der Waals surface area contributed by atoms with Gasteiger partial charge in [0, 0.05) is 19.2 Å². The first kappa shape index (κ1) is 23.9. The minimum Gasteiger partial charge on any atom is -0.474 e. The van der Waals surface area contributed by atoms with Gasteiger partial charge in [0.1, 0.15) is 17.7 Å². The van der Waals surface area contributed by atoms with Crippen molar-refractivity contribution in [2.45, 2.75) is 77.5 Å². The molecule has 0 saturated carbocycles. The van der Waals surface area contributed by atoms with E-state index in [1.165, 1.54) is 0 Å². The van der Waals surface area contributed by atoms with E-state index in [1.54, 1.807) is 39.1 Å². The van der Waals surface area contributed by atoms with Crippen molar-refractivity contribution in [2.24, 2.45) is 0 Å². The second-order valence-corrected chi connectivity index (χ2v) is 8.84. The first-order chi connectivity index (χ1) is 14.2. The third-order valence-electron chi connectivity index (χ3n) is 4.81. The number of aromatic nitrogens is 1. The van der Waals surface area contributed by atoms with Gasteiger partial charge in [0.2, 0.25) is 11.8 Å². The van der Waals surface area contributed by atoms with Crippen LogP contribution >= 0.6 is 0 Å². The molecule has 1 aromatic heterocycles. The molecule has 0 radical (unpaired) electrons. The highest BCUT2D eigenvalue weighted by Gasteiger charge is 2.24. The number of ether oxygens (including phenoxy) is 2. The number of anilines is 1. The first-order valence-electron chi connectivity index (χ1n) is 10.8. The largest absolute Gasteiger partial charge is 0.474 e. The number of hydrogen-bond acceptors (Lipinski definition) is 6. The predicted octanol–water partition coefficient (Wildman–Crippen LogP) is 3.58. The fraction of sp³-hybridized carbons (Fsp3) is 0.682. The molecule has 1 saturated heterocycles. The van der Waals surface area contributed by atoms with Crippen LogP contribution in [0, 0.1) is 0 Å². The summed E-state index contributed by atoms with van der Waals surface area (Å²) in [6.45, 7) is 9.43. The van der Waals surface area contributed by atoms with E-state index in [1.807, 2.05) is 6.92 Å². The maximum Gasteiger partial charge on any atom is 0.408 e. The zero-order valence-corrected chi connectivity index (χ0v) is 18.9. The highest BCUT2D eigenvalue weighted by Crippen LogP contribution is 2.18. The van der Waals surface area contributed by atoms with Crippen molar-refractivity contribution in [2.75, 3.05) is 25.5 Å². The van der Waals surface area contributed by atoms with Crippen molar-refractivity contribution in [3.8, 4) is 5.88 Å². The second-order valence-electron chi connectivity index (χ2n) is 8.84.